The minimum Gasteiger partial charge on any atom is -0.483 e. The second kappa shape index (κ2) is 7.60. The summed E-state index contributed by atoms with van der Waals surface area (Å²) in [5.41, 5.74) is 3.11. The topological polar surface area (TPSA) is 68.5 Å². The standard InChI is InChI=1S/C23H18ClNO4/c1-13-6-9-19(14(2)10-13)28-12-21(26)25-15-7-8-16-20(11-15)29-23-17(22(16)27)4-3-5-18(23)24/h3-11H,12H2,1-2H3,(H,25,26). The zero-order valence-electron chi connectivity index (χ0n) is 15.9. The van der Waals surface area contributed by atoms with Crippen LogP contribution in [-0.4, -0.2) is 12.5 Å². The quantitative estimate of drug-likeness (QED) is 0.470. The average molecular weight is 408 g/mol. The molecule has 0 spiro atoms. The molecule has 0 atom stereocenters. The lowest BCUT2D eigenvalue weighted by atomic mass is 10.1. The van der Waals surface area contributed by atoms with E-state index in [1.807, 2.05) is 32.0 Å². The van der Waals surface area contributed by atoms with E-state index in [0.717, 1.165) is 11.1 Å². The number of rotatable bonds is 4. The van der Waals surface area contributed by atoms with Gasteiger partial charge in [-0.05, 0) is 49.7 Å². The van der Waals surface area contributed by atoms with E-state index in [9.17, 15) is 9.59 Å². The molecular formula is C23H18ClNO4. The molecule has 0 bridgehead atoms. The molecule has 3 aromatic carbocycles. The van der Waals surface area contributed by atoms with Gasteiger partial charge >= 0.3 is 0 Å². The third kappa shape index (κ3) is 3.82. The van der Waals surface area contributed by atoms with Crippen LogP contribution in [0, 0.1) is 13.8 Å². The number of benzene rings is 3. The van der Waals surface area contributed by atoms with Crippen LogP contribution in [0.2, 0.25) is 5.02 Å². The normalized spacial score (nSPS) is 11.0. The van der Waals surface area contributed by atoms with Crippen molar-refractivity contribution in [3.05, 3.63) is 81.0 Å². The van der Waals surface area contributed by atoms with Gasteiger partial charge in [0.25, 0.3) is 5.91 Å². The molecule has 1 N–H and O–H groups in total. The van der Waals surface area contributed by atoms with Gasteiger partial charge in [0, 0.05) is 11.8 Å². The maximum atomic E-state index is 12.7. The fourth-order valence-corrected chi connectivity index (χ4v) is 3.43. The second-order valence-corrected chi connectivity index (χ2v) is 7.27. The lowest BCUT2D eigenvalue weighted by Gasteiger charge is -2.10. The van der Waals surface area contributed by atoms with Crippen LogP contribution in [0.1, 0.15) is 11.1 Å². The largest absolute Gasteiger partial charge is 0.483 e. The van der Waals surface area contributed by atoms with Gasteiger partial charge in [0.05, 0.1) is 15.8 Å². The van der Waals surface area contributed by atoms with E-state index in [0.29, 0.717) is 38.4 Å². The van der Waals surface area contributed by atoms with Gasteiger partial charge in [-0.3, -0.25) is 9.59 Å². The van der Waals surface area contributed by atoms with Crippen molar-refractivity contribution >= 4 is 45.1 Å². The molecule has 5 nitrogen and oxygen atoms in total. The van der Waals surface area contributed by atoms with Gasteiger partial charge in [0.2, 0.25) is 5.43 Å². The Labute approximate surface area is 171 Å². The third-order valence-electron chi connectivity index (χ3n) is 4.62. The summed E-state index contributed by atoms with van der Waals surface area (Å²) in [6.45, 7) is 3.80. The molecule has 0 aliphatic rings. The molecule has 1 heterocycles. The predicted molar refractivity (Wildman–Crippen MR) is 115 cm³/mol. The number of fused-ring (bicyclic) bond motifs is 2. The molecule has 0 radical (unpaired) electrons. The molecule has 0 unspecified atom stereocenters. The SMILES string of the molecule is Cc1ccc(OCC(=O)Nc2ccc3c(=O)c4cccc(Cl)c4oc3c2)c(C)c1. The lowest BCUT2D eigenvalue weighted by molar-refractivity contribution is -0.118. The van der Waals surface area contributed by atoms with Crippen LogP contribution in [0.4, 0.5) is 5.69 Å². The Morgan fingerprint density at radius 2 is 1.90 bits per heavy atom. The van der Waals surface area contributed by atoms with Crippen molar-refractivity contribution in [2.45, 2.75) is 13.8 Å². The summed E-state index contributed by atoms with van der Waals surface area (Å²) in [5, 5.41) is 3.96. The first kappa shape index (κ1) is 19.0. The molecule has 0 aliphatic carbocycles. The van der Waals surface area contributed by atoms with Gasteiger partial charge in [-0.1, -0.05) is 35.4 Å². The molecule has 4 rings (SSSR count). The predicted octanol–water partition coefficient (Wildman–Crippen LogP) is 5.23. The number of halogens is 1. The van der Waals surface area contributed by atoms with Gasteiger partial charge in [0.15, 0.2) is 12.2 Å². The van der Waals surface area contributed by atoms with Crippen molar-refractivity contribution in [1.82, 2.24) is 0 Å². The van der Waals surface area contributed by atoms with Crippen molar-refractivity contribution in [3.8, 4) is 5.75 Å². The van der Waals surface area contributed by atoms with Crippen LogP contribution in [0.3, 0.4) is 0 Å². The molecular weight excluding hydrogens is 390 g/mol. The first-order valence-electron chi connectivity index (χ1n) is 9.07. The minimum atomic E-state index is -0.314. The fraction of sp³-hybridized carbons (Fsp3) is 0.130. The minimum absolute atomic E-state index is 0.130. The molecule has 0 aliphatic heterocycles. The van der Waals surface area contributed by atoms with E-state index >= 15 is 0 Å². The number of ether oxygens (including phenoxy) is 1. The summed E-state index contributed by atoms with van der Waals surface area (Å²) in [5.74, 6) is 0.349. The lowest BCUT2D eigenvalue weighted by Crippen LogP contribution is -2.20. The van der Waals surface area contributed by atoms with Crippen molar-refractivity contribution in [2.24, 2.45) is 0 Å². The number of hydrogen-bond donors (Lipinski definition) is 1. The van der Waals surface area contributed by atoms with Gasteiger partial charge in [-0.25, -0.2) is 0 Å². The van der Waals surface area contributed by atoms with E-state index in [4.69, 9.17) is 20.8 Å². The number of hydrogen-bond acceptors (Lipinski definition) is 4. The van der Waals surface area contributed by atoms with E-state index in [1.165, 1.54) is 0 Å². The van der Waals surface area contributed by atoms with Crippen LogP contribution in [0.15, 0.2) is 63.8 Å². The average Bonchev–Trinajstić information content (AvgIpc) is 2.68. The number of aryl methyl sites for hydroxylation is 2. The van der Waals surface area contributed by atoms with Crippen LogP contribution in [0.25, 0.3) is 21.9 Å². The summed E-state index contributed by atoms with van der Waals surface area (Å²) < 4.78 is 11.4. The number of carbonyl (C=O) groups is 1. The van der Waals surface area contributed by atoms with Crippen LogP contribution in [0.5, 0.6) is 5.75 Å². The van der Waals surface area contributed by atoms with Crippen LogP contribution < -0.4 is 15.5 Å². The summed E-state index contributed by atoms with van der Waals surface area (Å²) >= 11 is 6.16. The van der Waals surface area contributed by atoms with Gasteiger partial charge in [0.1, 0.15) is 11.3 Å². The Kier molecular flexibility index (Phi) is 4.99. The van der Waals surface area contributed by atoms with E-state index in [2.05, 4.69) is 5.32 Å². The van der Waals surface area contributed by atoms with Crippen molar-refractivity contribution in [2.75, 3.05) is 11.9 Å². The molecule has 0 saturated carbocycles. The number of amides is 1. The Morgan fingerprint density at radius 3 is 2.69 bits per heavy atom. The van der Waals surface area contributed by atoms with E-state index in [-0.39, 0.29) is 17.9 Å². The zero-order valence-corrected chi connectivity index (χ0v) is 16.7. The highest BCUT2D eigenvalue weighted by Gasteiger charge is 2.12. The van der Waals surface area contributed by atoms with Gasteiger partial charge in [-0.15, -0.1) is 0 Å². The van der Waals surface area contributed by atoms with Crippen molar-refractivity contribution < 1.29 is 13.9 Å². The maximum absolute atomic E-state index is 12.7. The van der Waals surface area contributed by atoms with Crippen LogP contribution >= 0.6 is 11.6 Å². The smallest absolute Gasteiger partial charge is 0.262 e. The summed E-state index contributed by atoms with van der Waals surface area (Å²) in [7, 11) is 0. The van der Waals surface area contributed by atoms with Crippen molar-refractivity contribution in [3.63, 3.8) is 0 Å². The zero-order chi connectivity index (χ0) is 20.5. The summed E-state index contributed by atoms with van der Waals surface area (Å²) in [6, 6.07) is 15.7. The highest BCUT2D eigenvalue weighted by atomic mass is 35.5. The highest BCUT2D eigenvalue weighted by Crippen LogP contribution is 2.26. The Hall–Kier alpha value is -3.31. The third-order valence-corrected chi connectivity index (χ3v) is 4.92. The number of para-hydroxylation sites is 1. The first-order chi connectivity index (χ1) is 13.9. The maximum Gasteiger partial charge on any atom is 0.262 e. The van der Waals surface area contributed by atoms with Crippen LogP contribution in [-0.2, 0) is 4.79 Å². The first-order valence-corrected chi connectivity index (χ1v) is 9.45. The Morgan fingerprint density at radius 1 is 1.07 bits per heavy atom. The molecule has 0 fully saturated rings. The fourth-order valence-electron chi connectivity index (χ4n) is 3.22. The molecule has 29 heavy (non-hydrogen) atoms. The molecule has 0 saturated heterocycles. The summed E-state index contributed by atoms with van der Waals surface area (Å²) in [6.07, 6.45) is 0. The molecule has 1 amide bonds. The van der Waals surface area contributed by atoms with E-state index < -0.39 is 0 Å². The number of anilines is 1. The Bertz CT molecular complexity index is 1310. The molecule has 4 aromatic rings. The van der Waals surface area contributed by atoms with E-state index in [1.54, 1.807) is 36.4 Å². The van der Waals surface area contributed by atoms with Gasteiger partial charge < -0.3 is 14.5 Å². The number of nitrogens with one attached hydrogen (secondary N) is 1. The Balaban J connectivity index is 1.56. The molecule has 1 aromatic heterocycles. The molecule has 6 heteroatoms. The highest BCUT2D eigenvalue weighted by molar-refractivity contribution is 6.34. The van der Waals surface area contributed by atoms with Crippen molar-refractivity contribution in [1.29, 1.82) is 0 Å². The second-order valence-electron chi connectivity index (χ2n) is 6.86. The molecule has 146 valence electrons. The summed E-state index contributed by atoms with van der Waals surface area (Å²) in [4.78, 5) is 24.9. The number of carbonyl (C=O) groups excluding carboxylic acids is 1. The van der Waals surface area contributed by atoms with Gasteiger partial charge in [-0.2, -0.15) is 0 Å². The monoisotopic (exact) mass is 407 g/mol.